The van der Waals surface area contributed by atoms with Crippen LogP contribution >= 0.6 is 12.4 Å². The van der Waals surface area contributed by atoms with E-state index in [1.54, 1.807) is 6.07 Å². The van der Waals surface area contributed by atoms with Crippen LogP contribution in [0.5, 0.6) is 5.75 Å². The second kappa shape index (κ2) is 4.46. The average molecular weight is 258 g/mol. The van der Waals surface area contributed by atoms with Crippen LogP contribution in [0.1, 0.15) is 31.2 Å². The maximum absolute atomic E-state index is 13.6. The normalized spacial score (nSPS) is 30.6. The quantitative estimate of drug-likeness (QED) is 0.776. The maximum atomic E-state index is 13.6. The van der Waals surface area contributed by atoms with E-state index in [1.807, 2.05) is 6.07 Å². The summed E-state index contributed by atoms with van der Waals surface area (Å²) < 4.78 is 19.6. The fraction of sp³-hybridized carbons (Fsp3) is 0.538. The minimum Gasteiger partial charge on any atom is -0.487 e. The first-order valence-electron chi connectivity index (χ1n) is 5.91. The van der Waals surface area contributed by atoms with Gasteiger partial charge in [-0.25, -0.2) is 4.39 Å². The summed E-state index contributed by atoms with van der Waals surface area (Å²) in [5.41, 5.74) is 6.47. The van der Waals surface area contributed by atoms with Crippen molar-refractivity contribution in [2.75, 3.05) is 0 Å². The summed E-state index contributed by atoms with van der Waals surface area (Å²) in [5.74, 6) is 0.597. The van der Waals surface area contributed by atoms with Crippen LogP contribution in [-0.2, 0) is 6.42 Å². The smallest absolute Gasteiger partial charge is 0.130 e. The lowest BCUT2D eigenvalue weighted by atomic mass is 9.80. The SMILES string of the molecule is Cl.NC1CCC2(CC1)Cc1c(F)cccc1O2. The molecule has 1 aliphatic carbocycles. The summed E-state index contributed by atoms with van der Waals surface area (Å²) in [7, 11) is 0. The molecule has 1 saturated carbocycles. The van der Waals surface area contributed by atoms with Crippen LogP contribution in [0.4, 0.5) is 4.39 Å². The van der Waals surface area contributed by atoms with Gasteiger partial charge >= 0.3 is 0 Å². The van der Waals surface area contributed by atoms with E-state index in [0.717, 1.165) is 37.0 Å². The van der Waals surface area contributed by atoms with Crippen molar-refractivity contribution < 1.29 is 9.13 Å². The summed E-state index contributed by atoms with van der Waals surface area (Å²) in [6.45, 7) is 0. The zero-order chi connectivity index (χ0) is 11.2. The molecular formula is C13H17ClFNO. The number of rotatable bonds is 0. The summed E-state index contributed by atoms with van der Waals surface area (Å²) >= 11 is 0. The van der Waals surface area contributed by atoms with Crippen LogP contribution < -0.4 is 10.5 Å². The predicted octanol–water partition coefficient (Wildman–Crippen LogP) is 2.82. The van der Waals surface area contributed by atoms with E-state index in [9.17, 15) is 4.39 Å². The van der Waals surface area contributed by atoms with Crippen LogP contribution in [0.15, 0.2) is 18.2 Å². The average Bonchev–Trinajstić information content (AvgIpc) is 2.63. The topological polar surface area (TPSA) is 35.2 Å². The van der Waals surface area contributed by atoms with Crippen LogP contribution in [-0.4, -0.2) is 11.6 Å². The molecule has 0 aromatic heterocycles. The van der Waals surface area contributed by atoms with Gasteiger partial charge in [-0.05, 0) is 37.8 Å². The molecule has 1 aromatic rings. The van der Waals surface area contributed by atoms with Crippen molar-refractivity contribution in [3.05, 3.63) is 29.6 Å². The largest absolute Gasteiger partial charge is 0.487 e. The lowest BCUT2D eigenvalue weighted by Gasteiger charge is -2.35. The number of nitrogens with two attached hydrogens (primary N) is 1. The number of halogens is 2. The Morgan fingerprint density at radius 3 is 2.65 bits per heavy atom. The fourth-order valence-corrected chi connectivity index (χ4v) is 2.84. The van der Waals surface area contributed by atoms with Gasteiger partial charge in [0.15, 0.2) is 0 Å². The Kier molecular flexibility index (Phi) is 3.32. The molecule has 1 aliphatic heterocycles. The highest BCUT2D eigenvalue weighted by Gasteiger charge is 2.42. The molecule has 2 nitrogen and oxygen atoms in total. The van der Waals surface area contributed by atoms with Gasteiger partial charge in [0.25, 0.3) is 0 Å². The van der Waals surface area contributed by atoms with Gasteiger partial charge in [-0.1, -0.05) is 6.07 Å². The van der Waals surface area contributed by atoms with Gasteiger partial charge in [0, 0.05) is 18.0 Å². The van der Waals surface area contributed by atoms with E-state index >= 15 is 0 Å². The van der Waals surface area contributed by atoms with Gasteiger partial charge < -0.3 is 10.5 Å². The molecule has 0 atom stereocenters. The molecule has 0 radical (unpaired) electrons. The molecule has 1 heterocycles. The molecule has 0 bridgehead atoms. The van der Waals surface area contributed by atoms with Gasteiger partial charge in [0.1, 0.15) is 17.2 Å². The van der Waals surface area contributed by atoms with E-state index in [-0.39, 0.29) is 23.8 Å². The van der Waals surface area contributed by atoms with E-state index < -0.39 is 0 Å². The molecule has 0 saturated heterocycles. The number of hydrogen-bond donors (Lipinski definition) is 1. The summed E-state index contributed by atoms with van der Waals surface area (Å²) in [6, 6.07) is 5.38. The van der Waals surface area contributed by atoms with Crippen LogP contribution in [0.25, 0.3) is 0 Å². The number of hydrogen-bond acceptors (Lipinski definition) is 2. The first-order chi connectivity index (χ1) is 7.69. The highest BCUT2D eigenvalue weighted by atomic mass is 35.5. The van der Waals surface area contributed by atoms with Gasteiger partial charge in [-0.15, -0.1) is 12.4 Å². The monoisotopic (exact) mass is 257 g/mol. The molecule has 2 N–H and O–H groups in total. The molecular weight excluding hydrogens is 241 g/mol. The summed E-state index contributed by atoms with van der Waals surface area (Å²) in [5, 5.41) is 0. The molecule has 94 valence electrons. The van der Waals surface area contributed by atoms with Crippen molar-refractivity contribution >= 4 is 12.4 Å². The fourth-order valence-electron chi connectivity index (χ4n) is 2.84. The first-order valence-corrected chi connectivity index (χ1v) is 5.91. The minimum atomic E-state index is -0.166. The van der Waals surface area contributed by atoms with E-state index in [2.05, 4.69) is 0 Å². The van der Waals surface area contributed by atoms with Crippen molar-refractivity contribution in [1.82, 2.24) is 0 Å². The lowest BCUT2D eigenvalue weighted by molar-refractivity contribution is 0.0473. The van der Waals surface area contributed by atoms with Gasteiger partial charge in [0.2, 0.25) is 0 Å². The van der Waals surface area contributed by atoms with Crippen LogP contribution in [0.3, 0.4) is 0 Å². The molecule has 2 aliphatic rings. The number of ether oxygens (including phenoxy) is 1. The number of fused-ring (bicyclic) bond motifs is 1. The highest BCUT2D eigenvalue weighted by Crippen LogP contribution is 2.43. The maximum Gasteiger partial charge on any atom is 0.130 e. The Balaban J connectivity index is 0.00000108. The van der Waals surface area contributed by atoms with Gasteiger partial charge in [-0.2, -0.15) is 0 Å². The zero-order valence-corrected chi connectivity index (χ0v) is 10.4. The Morgan fingerprint density at radius 2 is 2.00 bits per heavy atom. The molecule has 17 heavy (non-hydrogen) atoms. The molecule has 1 aromatic carbocycles. The molecule has 4 heteroatoms. The third-order valence-corrected chi connectivity index (χ3v) is 3.84. The Labute approximate surface area is 107 Å². The van der Waals surface area contributed by atoms with Crippen LogP contribution in [0, 0.1) is 5.82 Å². The van der Waals surface area contributed by atoms with E-state index in [4.69, 9.17) is 10.5 Å². The van der Waals surface area contributed by atoms with Crippen molar-refractivity contribution in [2.24, 2.45) is 5.73 Å². The number of benzene rings is 1. The third kappa shape index (κ3) is 2.14. The molecule has 0 amide bonds. The molecule has 1 fully saturated rings. The third-order valence-electron chi connectivity index (χ3n) is 3.84. The van der Waals surface area contributed by atoms with Crippen molar-refractivity contribution in [2.45, 2.75) is 43.7 Å². The van der Waals surface area contributed by atoms with Crippen molar-refractivity contribution in [3.63, 3.8) is 0 Å². The van der Waals surface area contributed by atoms with Gasteiger partial charge in [0.05, 0.1) is 0 Å². The first kappa shape index (κ1) is 12.7. The molecule has 1 spiro atoms. The van der Waals surface area contributed by atoms with Crippen LogP contribution in [0.2, 0.25) is 0 Å². The Hall–Kier alpha value is -0.800. The second-order valence-electron chi connectivity index (χ2n) is 5.02. The van der Waals surface area contributed by atoms with E-state index in [1.165, 1.54) is 6.07 Å². The molecule has 0 unspecified atom stereocenters. The lowest BCUT2D eigenvalue weighted by Crippen LogP contribution is -2.42. The Bertz CT molecular complexity index is 416. The van der Waals surface area contributed by atoms with Crippen molar-refractivity contribution in [3.8, 4) is 5.75 Å². The summed E-state index contributed by atoms with van der Waals surface area (Å²) in [4.78, 5) is 0. The zero-order valence-electron chi connectivity index (χ0n) is 9.62. The van der Waals surface area contributed by atoms with Gasteiger partial charge in [-0.3, -0.25) is 0 Å². The Morgan fingerprint density at radius 1 is 1.29 bits per heavy atom. The minimum absolute atomic E-state index is 0. The van der Waals surface area contributed by atoms with Crippen molar-refractivity contribution in [1.29, 1.82) is 0 Å². The van der Waals surface area contributed by atoms with E-state index in [0.29, 0.717) is 12.5 Å². The highest BCUT2D eigenvalue weighted by molar-refractivity contribution is 5.85. The molecule has 3 rings (SSSR count). The standard InChI is InChI=1S/C13H16FNO.ClH/c14-11-2-1-3-12-10(11)8-13(16-12)6-4-9(15)5-7-13;/h1-3,9H,4-8,15H2;1H. The predicted molar refractivity (Wildman–Crippen MR) is 67.2 cm³/mol. The second-order valence-corrected chi connectivity index (χ2v) is 5.02. The summed E-state index contributed by atoms with van der Waals surface area (Å²) in [6.07, 6.45) is 4.57.